The van der Waals surface area contributed by atoms with Crippen molar-refractivity contribution in [3.05, 3.63) is 114 Å². The topological polar surface area (TPSA) is 3.24 Å². The molecule has 0 amide bonds. The normalized spacial score (nSPS) is 10.8. The third kappa shape index (κ3) is 5.06. The van der Waals surface area contributed by atoms with E-state index in [9.17, 15) is 0 Å². The van der Waals surface area contributed by atoms with Gasteiger partial charge in [0.1, 0.15) is 0 Å². The molecule has 1 nitrogen and oxygen atoms in total. The van der Waals surface area contributed by atoms with E-state index in [0.29, 0.717) is 0 Å². The lowest BCUT2D eigenvalue weighted by Crippen LogP contribution is -2.10. The molecule has 4 aromatic rings. The van der Waals surface area contributed by atoms with Crippen LogP contribution in [0.15, 0.2) is 97.1 Å². The van der Waals surface area contributed by atoms with Crippen LogP contribution in [0.1, 0.15) is 36.5 Å². The average Bonchev–Trinajstić information content (AvgIpc) is 2.80. The van der Waals surface area contributed by atoms with Crippen LogP contribution in [0.2, 0.25) is 0 Å². The number of nitrogens with zero attached hydrogens (tertiary/aromatic N) is 1. The van der Waals surface area contributed by atoms with Gasteiger partial charge in [0.2, 0.25) is 0 Å². The molecule has 0 spiro atoms. The van der Waals surface area contributed by atoms with Gasteiger partial charge in [-0.3, -0.25) is 0 Å². The fraction of sp³-hybridized carbons (Fsp3) is 0.200. The first-order chi connectivity index (χ1) is 15.1. The van der Waals surface area contributed by atoms with Crippen LogP contribution in [0.3, 0.4) is 0 Å². The first kappa shape index (κ1) is 20.9. The molecular weight excluding hydrogens is 374 g/mol. The molecule has 0 bridgehead atoms. The van der Waals surface area contributed by atoms with Gasteiger partial charge < -0.3 is 4.90 Å². The monoisotopic (exact) mass is 405 g/mol. The van der Waals surface area contributed by atoms with E-state index in [-0.39, 0.29) is 0 Å². The molecule has 0 saturated heterocycles. The zero-order valence-corrected chi connectivity index (χ0v) is 18.8. The van der Waals surface area contributed by atoms with E-state index in [2.05, 4.69) is 123 Å². The van der Waals surface area contributed by atoms with Gasteiger partial charge in [-0.25, -0.2) is 0 Å². The molecule has 31 heavy (non-hydrogen) atoms. The van der Waals surface area contributed by atoms with Gasteiger partial charge >= 0.3 is 0 Å². The van der Waals surface area contributed by atoms with E-state index in [4.69, 9.17) is 0 Å². The van der Waals surface area contributed by atoms with Crippen LogP contribution in [0, 0.1) is 13.8 Å². The Balaban J connectivity index is 1.65. The highest BCUT2D eigenvalue weighted by molar-refractivity contribution is 5.78. The quantitative estimate of drug-likeness (QED) is 0.297. The van der Waals surface area contributed by atoms with Gasteiger partial charge in [-0.1, -0.05) is 79.6 Å². The lowest BCUT2D eigenvalue weighted by atomic mass is 10.0. The first-order valence-electron chi connectivity index (χ1n) is 11.3. The highest BCUT2D eigenvalue weighted by Gasteiger charge is 2.12. The van der Waals surface area contributed by atoms with Gasteiger partial charge in [0, 0.05) is 17.1 Å². The minimum atomic E-state index is 1.16. The molecule has 156 valence electrons. The number of hydrogen-bond donors (Lipinski definition) is 0. The lowest BCUT2D eigenvalue weighted by molar-refractivity contribution is 0.795. The third-order valence-electron chi connectivity index (χ3n) is 5.78. The fourth-order valence-corrected chi connectivity index (χ4v) is 3.96. The van der Waals surface area contributed by atoms with Gasteiger partial charge in [-0.15, -0.1) is 0 Å². The average molecular weight is 406 g/mol. The number of hydrogen-bond acceptors (Lipinski definition) is 1. The Labute approximate surface area is 187 Å². The molecule has 0 heterocycles. The van der Waals surface area contributed by atoms with Crippen LogP contribution in [-0.4, -0.2) is 0 Å². The molecule has 4 rings (SSSR count). The summed E-state index contributed by atoms with van der Waals surface area (Å²) in [5.41, 5.74) is 9.98. The fourth-order valence-electron chi connectivity index (χ4n) is 3.96. The Morgan fingerprint density at radius 3 is 1.74 bits per heavy atom. The summed E-state index contributed by atoms with van der Waals surface area (Å²) in [6, 6.07) is 35.4. The lowest BCUT2D eigenvalue weighted by Gasteiger charge is -2.26. The Morgan fingerprint density at radius 1 is 0.581 bits per heavy atom. The summed E-state index contributed by atoms with van der Waals surface area (Å²) in [5, 5.41) is 0. The second-order valence-electron chi connectivity index (χ2n) is 8.36. The van der Waals surface area contributed by atoms with Crippen LogP contribution in [0.5, 0.6) is 0 Å². The van der Waals surface area contributed by atoms with Gasteiger partial charge in [0.25, 0.3) is 0 Å². The molecule has 0 unspecified atom stereocenters. The molecule has 0 aliphatic rings. The van der Waals surface area contributed by atoms with Crippen molar-refractivity contribution in [3.63, 3.8) is 0 Å². The molecule has 1 heteroatoms. The van der Waals surface area contributed by atoms with Crippen LogP contribution in [0.4, 0.5) is 17.1 Å². The van der Waals surface area contributed by atoms with Crippen LogP contribution >= 0.6 is 0 Å². The van der Waals surface area contributed by atoms with Crippen molar-refractivity contribution in [2.45, 2.75) is 40.0 Å². The van der Waals surface area contributed by atoms with E-state index in [1.807, 2.05) is 0 Å². The SMILES string of the molecule is CCCCc1ccc(-c2ccc(N(c3ccc(C)cc3)c3cccc(C)c3)cc2)cc1. The van der Waals surface area contributed by atoms with Gasteiger partial charge in [0.05, 0.1) is 0 Å². The smallest absolute Gasteiger partial charge is 0.0464 e. The Bertz CT molecular complexity index is 1110. The Hall–Kier alpha value is -3.32. The molecule has 0 aromatic heterocycles. The van der Waals surface area contributed by atoms with Crippen molar-refractivity contribution >= 4 is 17.1 Å². The maximum absolute atomic E-state index is 2.32. The maximum Gasteiger partial charge on any atom is 0.0464 e. The second kappa shape index (κ2) is 9.66. The highest BCUT2D eigenvalue weighted by Crippen LogP contribution is 2.36. The molecule has 0 radical (unpaired) electrons. The summed E-state index contributed by atoms with van der Waals surface area (Å²) in [4.78, 5) is 2.32. The predicted octanol–water partition coefficient (Wildman–Crippen LogP) is 8.78. The van der Waals surface area contributed by atoms with Crippen LogP contribution in [-0.2, 0) is 6.42 Å². The van der Waals surface area contributed by atoms with E-state index in [1.54, 1.807) is 0 Å². The van der Waals surface area contributed by atoms with E-state index >= 15 is 0 Å². The summed E-state index contributed by atoms with van der Waals surface area (Å²) < 4.78 is 0. The van der Waals surface area contributed by atoms with Crippen molar-refractivity contribution in [2.24, 2.45) is 0 Å². The number of unbranched alkanes of at least 4 members (excludes halogenated alkanes) is 1. The Kier molecular flexibility index (Phi) is 6.52. The zero-order valence-electron chi connectivity index (χ0n) is 18.8. The molecule has 4 aromatic carbocycles. The highest BCUT2D eigenvalue weighted by atomic mass is 15.1. The van der Waals surface area contributed by atoms with Crippen LogP contribution < -0.4 is 4.90 Å². The number of benzene rings is 4. The van der Waals surface area contributed by atoms with Gasteiger partial charge in [-0.2, -0.15) is 0 Å². The van der Waals surface area contributed by atoms with E-state index in [1.165, 1.54) is 52.0 Å². The summed E-state index contributed by atoms with van der Waals surface area (Å²) >= 11 is 0. The maximum atomic E-state index is 2.32. The van der Waals surface area contributed by atoms with Crippen molar-refractivity contribution in [1.29, 1.82) is 0 Å². The molecule has 0 atom stereocenters. The zero-order chi connectivity index (χ0) is 21.6. The first-order valence-corrected chi connectivity index (χ1v) is 11.3. The van der Waals surface area contributed by atoms with E-state index < -0.39 is 0 Å². The Morgan fingerprint density at radius 2 is 1.16 bits per heavy atom. The van der Waals surface area contributed by atoms with Crippen molar-refractivity contribution in [2.75, 3.05) is 4.90 Å². The standard InChI is InChI=1S/C30H31N/c1-4-5-8-25-12-14-26(15-13-25)27-16-20-29(21-17-27)31(28-18-10-23(2)11-19-28)30-9-6-7-24(3)22-30/h6-7,9-22H,4-5,8H2,1-3H3. The van der Waals surface area contributed by atoms with Crippen molar-refractivity contribution in [1.82, 2.24) is 0 Å². The van der Waals surface area contributed by atoms with Crippen molar-refractivity contribution < 1.29 is 0 Å². The minimum absolute atomic E-state index is 1.16. The second-order valence-corrected chi connectivity index (χ2v) is 8.36. The summed E-state index contributed by atoms with van der Waals surface area (Å²) in [5.74, 6) is 0. The number of aryl methyl sites for hydroxylation is 3. The molecular formula is C30H31N. The summed E-state index contributed by atoms with van der Waals surface area (Å²) in [7, 11) is 0. The molecule has 0 aliphatic carbocycles. The van der Waals surface area contributed by atoms with Gasteiger partial charge in [0.15, 0.2) is 0 Å². The number of rotatable bonds is 7. The largest absolute Gasteiger partial charge is 0.310 e. The summed E-state index contributed by atoms with van der Waals surface area (Å²) in [6.45, 7) is 6.51. The molecule has 0 N–H and O–H groups in total. The van der Waals surface area contributed by atoms with Crippen LogP contribution in [0.25, 0.3) is 11.1 Å². The minimum Gasteiger partial charge on any atom is -0.310 e. The van der Waals surface area contributed by atoms with Gasteiger partial charge in [-0.05, 0) is 85.3 Å². The van der Waals surface area contributed by atoms with Crippen molar-refractivity contribution in [3.8, 4) is 11.1 Å². The predicted molar refractivity (Wildman–Crippen MR) is 135 cm³/mol. The molecule has 0 fully saturated rings. The summed E-state index contributed by atoms with van der Waals surface area (Å²) in [6.07, 6.45) is 3.65. The third-order valence-corrected chi connectivity index (χ3v) is 5.78. The molecule has 0 saturated carbocycles. The number of anilines is 3. The van der Waals surface area contributed by atoms with E-state index in [0.717, 1.165) is 12.1 Å². The molecule has 0 aliphatic heterocycles.